The number of para-hydroxylation sites is 1. The van der Waals surface area contributed by atoms with Crippen LogP contribution in [-0.4, -0.2) is 24.0 Å². The summed E-state index contributed by atoms with van der Waals surface area (Å²) < 4.78 is 5.42. The fourth-order valence-electron chi connectivity index (χ4n) is 2.40. The number of benzene rings is 2. The Balaban J connectivity index is 1.45. The summed E-state index contributed by atoms with van der Waals surface area (Å²) in [6.45, 7) is 2.66. The van der Waals surface area contributed by atoms with Crippen LogP contribution in [0.25, 0.3) is 10.6 Å². The average molecular weight is 352 g/mol. The van der Waals surface area contributed by atoms with Gasteiger partial charge in [0, 0.05) is 23.9 Å². The Kier molecular flexibility index (Phi) is 5.80. The summed E-state index contributed by atoms with van der Waals surface area (Å²) >= 11 is 1.63. The zero-order valence-electron chi connectivity index (χ0n) is 14.1. The maximum absolute atomic E-state index is 11.8. The first-order valence-electron chi connectivity index (χ1n) is 8.17. The molecule has 2 aromatic carbocycles. The third kappa shape index (κ3) is 4.90. The lowest BCUT2D eigenvalue weighted by Gasteiger charge is -2.06. The fraction of sp³-hybridized carbons (Fsp3) is 0.200. The molecule has 0 bridgehead atoms. The van der Waals surface area contributed by atoms with E-state index in [1.807, 2.05) is 47.8 Å². The number of carbonyl (C=O) groups excluding carboxylic acids is 1. The van der Waals surface area contributed by atoms with Crippen molar-refractivity contribution in [2.75, 3.05) is 13.2 Å². The highest BCUT2D eigenvalue weighted by atomic mass is 32.1. The molecule has 0 unspecified atom stereocenters. The van der Waals surface area contributed by atoms with Crippen molar-refractivity contribution in [1.82, 2.24) is 10.3 Å². The standard InChI is InChI=1S/C20H20N2O2S/c1-15-7-5-6-10-18(15)20-22-16(14-25-20)11-12-21-19(23)13-24-17-8-3-2-4-9-17/h2-10,14H,11-13H2,1H3,(H,21,23). The van der Waals surface area contributed by atoms with Gasteiger partial charge >= 0.3 is 0 Å². The summed E-state index contributed by atoms with van der Waals surface area (Å²) in [5.41, 5.74) is 3.38. The summed E-state index contributed by atoms with van der Waals surface area (Å²) in [6.07, 6.45) is 0.708. The number of amides is 1. The van der Waals surface area contributed by atoms with Gasteiger partial charge in [-0.2, -0.15) is 0 Å². The van der Waals surface area contributed by atoms with Crippen LogP contribution in [0.1, 0.15) is 11.3 Å². The number of thiazole rings is 1. The Morgan fingerprint density at radius 3 is 2.68 bits per heavy atom. The third-order valence-corrected chi connectivity index (χ3v) is 4.67. The highest BCUT2D eigenvalue weighted by molar-refractivity contribution is 7.13. The second-order valence-corrected chi connectivity index (χ2v) is 6.52. The van der Waals surface area contributed by atoms with E-state index in [1.54, 1.807) is 11.3 Å². The molecule has 1 heterocycles. The Labute approximate surface area is 151 Å². The Morgan fingerprint density at radius 2 is 1.88 bits per heavy atom. The minimum Gasteiger partial charge on any atom is -0.484 e. The van der Waals surface area contributed by atoms with Crippen LogP contribution in [-0.2, 0) is 11.2 Å². The third-order valence-electron chi connectivity index (χ3n) is 3.74. The van der Waals surface area contributed by atoms with Crippen LogP contribution in [0, 0.1) is 6.92 Å². The zero-order valence-corrected chi connectivity index (χ0v) is 14.9. The molecule has 1 amide bonds. The Hall–Kier alpha value is -2.66. The Morgan fingerprint density at radius 1 is 1.12 bits per heavy atom. The van der Waals surface area contributed by atoms with Gasteiger partial charge in [-0.3, -0.25) is 4.79 Å². The van der Waals surface area contributed by atoms with Crippen molar-refractivity contribution in [3.63, 3.8) is 0 Å². The molecular weight excluding hydrogens is 332 g/mol. The molecule has 0 fully saturated rings. The number of rotatable bonds is 7. The van der Waals surface area contributed by atoms with Crippen molar-refractivity contribution >= 4 is 17.2 Å². The van der Waals surface area contributed by atoms with E-state index < -0.39 is 0 Å². The molecule has 128 valence electrons. The quantitative estimate of drug-likeness (QED) is 0.702. The van der Waals surface area contributed by atoms with Gasteiger partial charge in [-0.15, -0.1) is 11.3 Å². The van der Waals surface area contributed by atoms with Crippen LogP contribution < -0.4 is 10.1 Å². The molecule has 0 radical (unpaired) electrons. The predicted octanol–water partition coefficient (Wildman–Crippen LogP) is 3.86. The molecule has 4 nitrogen and oxygen atoms in total. The maximum Gasteiger partial charge on any atom is 0.257 e. The van der Waals surface area contributed by atoms with Crippen LogP contribution in [0.5, 0.6) is 5.75 Å². The SMILES string of the molecule is Cc1ccccc1-c1nc(CCNC(=O)COc2ccccc2)cs1. The molecule has 1 N–H and O–H groups in total. The first-order chi connectivity index (χ1) is 12.2. The van der Waals surface area contributed by atoms with Crippen LogP contribution in [0.2, 0.25) is 0 Å². The minimum atomic E-state index is -0.127. The highest BCUT2D eigenvalue weighted by Gasteiger charge is 2.08. The first-order valence-corrected chi connectivity index (χ1v) is 9.05. The molecule has 1 aromatic heterocycles. The molecular formula is C20H20N2O2S. The number of aryl methyl sites for hydroxylation is 1. The second kappa shape index (κ2) is 8.44. The molecule has 0 aliphatic carbocycles. The van der Waals surface area contributed by atoms with E-state index in [9.17, 15) is 4.79 Å². The van der Waals surface area contributed by atoms with E-state index in [1.165, 1.54) is 11.1 Å². The number of nitrogens with one attached hydrogen (secondary N) is 1. The van der Waals surface area contributed by atoms with Crippen LogP contribution in [0.4, 0.5) is 0 Å². The van der Waals surface area contributed by atoms with Crippen molar-refractivity contribution in [3.05, 3.63) is 71.2 Å². The zero-order chi connectivity index (χ0) is 17.5. The Bertz CT molecular complexity index is 830. The lowest BCUT2D eigenvalue weighted by Crippen LogP contribution is -2.30. The minimum absolute atomic E-state index is 0.0234. The topological polar surface area (TPSA) is 51.2 Å². The molecule has 0 saturated heterocycles. The normalized spacial score (nSPS) is 10.4. The molecule has 3 aromatic rings. The van der Waals surface area contributed by atoms with Gasteiger partial charge in [0.2, 0.25) is 0 Å². The van der Waals surface area contributed by atoms with Crippen molar-refractivity contribution in [2.24, 2.45) is 0 Å². The number of hydrogen-bond donors (Lipinski definition) is 1. The number of nitrogens with zero attached hydrogens (tertiary/aromatic N) is 1. The fourth-order valence-corrected chi connectivity index (χ4v) is 3.35. The number of ether oxygens (including phenoxy) is 1. The van der Waals surface area contributed by atoms with Crippen LogP contribution in [0.3, 0.4) is 0 Å². The molecule has 0 atom stereocenters. The van der Waals surface area contributed by atoms with Gasteiger partial charge in [0.1, 0.15) is 10.8 Å². The van der Waals surface area contributed by atoms with Gasteiger partial charge in [-0.25, -0.2) is 4.98 Å². The largest absolute Gasteiger partial charge is 0.484 e. The van der Waals surface area contributed by atoms with Crippen molar-refractivity contribution in [1.29, 1.82) is 0 Å². The summed E-state index contributed by atoms with van der Waals surface area (Å²) in [7, 11) is 0. The molecule has 5 heteroatoms. The van der Waals surface area contributed by atoms with Gasteiger partial charge in [0.05, 0.1) is 5.69 Å². The van der Waals surface area contributed by atoms with Crippen molar-refractivity contribution in [3.8, 4) is 16.3 Å². The van der Waals surface area contributed by atoms with E-state index in [0.29, 0.717) is 18.7 Å². The van der Waals surface area contributed by atoms with Gasteiger partial charge in [-0.1, -0.05) is 42.5 Å². The van der Waals surface area contributed by atoms with Gasteiger partial charge < -0.3 is 10.1 Å². The number of aromatic nitrogens is 1. The van der Waals surface area contributed by atoms with Crippen molar-refractivity contribution < 1.29 is 9.53 Å². The van der Waals surface area contributed by atoms with Crippen LogP contribution in [0.15, 0.2) is 60.0 Å². The highest BCUT2D eigenvalue weighted by Crippen LogP contribution is 2.26. The lowest BCUT2D eigenvalue weighted by molar-refractivity contribution is -0.123. The molecule has 0 spiro atoms. The number of hydrogen-bond acceptors (Lipinski definition) is 4. The molecule has 3 rings (SSSR count). The monoisotopic (exact) mass is 352 g/mol. The van der Waals surface area contributed by atoms with E-state index >= 15 is 0 Å². The van der Waals surface area contributed by atoms with Crippen molar-refractivity contribution in [2.45, 2.75) is 13.3 Å². The molecule has 0 aliphatic rings. The average Bonchev–Trinajstić information content (AvgIpc) is 3.10. The summed E-state index contributed by atoms with van der Waals surface area (Å²) in [5, 5.41) is 5.93. The number of carbonyl (C=O) groups is 1. The lowest BCUT2D eigenvalue weighted by atomic mass is 10.1. The smallest absolute Gasteiger partial charge is 0.257 e. The molecule has 0 saturated carbocycles. The molecule has 0 aliphatic heterocycles. The second-order valence-electron chi connectivity index (χ2n) is 5.66. The summed E-state index contributed by atoms with van der Waals surface area (Å²) in [5.74, 6) is 0.568. The van der Waals surface area contributed by atoms with Gasteiger partial charge in [0.15, 0.2) is 6.61 Å². The molecule has 25 heavy (non-hydrogen) atoms. The first kappa shape index (κ1) is 17.2. The summed E-state index contributed by atoms with van der Waals surface area (Å²) in [6, 6.07) is 17.5. The summed E-state index contributed by atoms with van der Waals surface area (Å²) in [4.78, 5) is 16.5. The van der Waals surface area contributed by atoms with E-state index in [4.69, 9.17) is 4.74 Å². The van der Waals surface area contributed by atoms with Crippen LogP contribution >= 0.6 is 11.3 Å². The predicted molar refractivity (Wildman–Crippen MR) is 101 cm³/mol. The maximum atomic E-state index is 11.8. The van der Waals surface area contributed by atoms with E-state index in [-0.39, 0.29) is 12.5 Å². The van der Waals surface area contributed by atoms with E-state index in [0.717, 1.165) is 10.7 Å². The van der Waals surface area contributed by atoms with E-state index in [2.05, 4.69) is 29.4 Å². The van der Waals surface area contributed by atoms with Gasteiger partial charge in [-0.05, 0) is 24.6 Å². The van der Waals surface area contributed by atoms with Gasteiger partial charge in [0.25, 0.3) is 5.91 Å².